The fraction of sp³-hybridized carbons (Fsp3) is 0.278. The van der Waals surface area contributed by atoms with Crippen molar-refractivity contribution in [2.75, 3.05) is 7.11 Å². The zero-order valence-electron chi connectivity index (χ0n) is 12.2. The Morgan fingerprint density at radius 2 is 1.57 bits per heavy atom. The molecule has 21 heavy (non-hydrogen) atoms. The van der Waals surface area contributed by atoms with E-state index in [0.29, 0.717) is 6.42 Å². The summed E-state index contributed by atoms with van der Waals surface area (Å²) >= 11 is 0. The molecule has 3 nitrogen and oxygen atoms in total. The molecule has 0 radical (unpaired) electrons. The molecule has 0 fully saturated rings. The summed E-state index contributed by atoms with van der Waals surface area (Å²) in [5.74, 6) is 0.255. The molecule has 0 spiro atoms. The lowest BCUT2D eigenvalue weighted by Crippen LogP contribution is -2.15. The molecule has 3 heteroatoms. The molecule has 0 bridgehead atoms. The maximum atomic E-state index is 11.6. The second-order valence-electron chi connectivity index (χ2n) is 5.21. The monoisotopic (exact) mass is 284 g/mol. The van der Waals surface area contributed by atoms with Gasteiger partial charge in [-0.05, 0) is 42.0 Å². The predicted octanol–water partition coefficient (Wildman–Crippen LogP) is 3.36. The molecule has 0 aromatic heterocycles. The number of hydrogen-bond donors (Lipinski definition) is 1. The number of methoxy groups -OCH3 is 1. The summed E-state index contributed by atoms with van der Waals surface area (Å²) in [7, 11) is 1.42. The molecule has 0 saturated heterocycles. The average molecular weight is 284 g/mol. The molecule has 110 valence electrons. The largest absolute Gasteiger partial charge is 0.508 e. The van der Waals surface area contributed by atoms with Crippen molar-refractivity contribution in [2.45, 2.75) is 19.3 Å². The Labute approximate surface area is 125 Å². The first-order valence-electron chi connectivity index (χ1n) is 7.06. The van der Waals surface area contributed by atoms with Gasteiger partial charge in [0.05, 0.1) is 7.11 Å². The van der Waals surface area contributed by atoms with Gasteiger partial charge in [-0.1, -0.05) is 42.5 Å². The van der Waals surface area contributed by atoms with Crippen LogP contribution in [0.15, 0.2) is 54.6 Å². The van der Waals surface area contributed by atoms with Crippen molar-refractivity contribution in [3.05, 3.63) is 65.7 Å². The molecule has 0 saturated carbocycles. The smallest absolute Gasteiger partial charge is 0.305 e. The molecule has 0 heterocycles. The first kappa shape index (κ1) is 15.1. The van der Waals surface area contributed by atoms with Gasteiger partial charge in [0.25, 0.3) is 0 Å². The summed E-state index contributed by atoms with van der Waals surface area (Å²) in [5.41, 5.74) is 2.32. The maximum absolute atomic E-state index is 11.6. The number of carbonyl (C=O) groups is 1. The van der Waals surface area contributed by atoms with Gasteiger partial charge in [-0.3, -0.25) is 4.79 Å². The van der Waals surface area contributed by atoms with Crippen LogP contribution in [0.25, 0.3) is 0 Å². The Morgan fingerprint density at radius 3 is 2.14 bits per heavy atom. The molecule has 0 aliphatic rings. The van der Waals surface area contributed by atoms with Crippen molar-refractivity contribution in [1.29, 1.82) is 0 Å². The van der Waals surface area contributed by atoms with Crippen LogP contribution in [0.4, 0.5) is 0 Å². The van der Waals surface area contributed by atoms with Crippen LogP contribution in [0.3, 0.4) is 0 Å². The van der Waals surface area contributed by atoms with Crippen LogP contribution in [0, 0.1) is 5.92 Å². The highest BCUT2D eigenvalue weighted by Gasteiger charge is 2.16. The van der Waals surface area contributed by atoms with E-state index in [2.05, 4.69) is 12.1 Å². The standard InChI is InChI=1S/C18H20O3/c1-21-18(20)13-16(11-14-5-3-2-4-6-14)12-15-7-9-17(19)10-8-15/h2-10,16,19H,11-13H2,1H3. The fourth-order valence-electron chi connectivity index (χ4n) is 2.45. The Bertz CT molecular complexity index is 561. The zero-order chi connectivity index (χ0) is 15.1. The van der Waals surface area contributed by atoms with Crippen molar-refractivity contribution in [2.24, 2.45) is 5.92 Å². The van der Waals surface area contributed by atoms with Gasteiger partial charge in [-0.2, -0.15) is 0 Å². The van der Waals surface area contributed by atoms with Gasteiger partial charge in [0.1, 0.15) is 5.75 Å². The highest BCUT2D eigenvalue weighted by Crippen LogP contribution is 2.20. The van der Waals surface area contributed by atoms with Crippen LogP contribution in [0.2, 0.25) is 0 Å². The van der Waals surface area contributed by atoms with Gasteiger partial charge >= 0.3 is 5.97 Å². The van der Waals surface area contributed by atoms with Crippen molar-refractivity contribution in [3.63, 3.8) is 0 Å². The molecular formula is C18H20O3. The topological polar surface area (TPSA) is 46.5 Å². The van der Waals surface area contributed by atoms with Crippen molar-refractivity contribution >= 4 is 5.97 Å². The number of phenolic OH excluding ortho intramolecular Hbond substituents is 1. The number of rotatable bonds is 6. The second-order valence-corrected chi connectivity index (χ2v) is 5.21. The molecule has 0 aliphatic heterocycles. The Hall–Kier alpha value is -2.29. The van der Waals surface area contributed by atoms with Crippen LogP contribution >= 0.6 is 0 Å². The van der Waals surface area contributed by atoms with Crippen LogP contribution in [-0.4, -0.2) is 18.2 Å². The summed E-state index contributed by atoms with van der Waals surface area (Å²) in [4.78, 5) is 11.6. The lowest BCUT2D eigenvalue weighted by molar-refractivity contribution is -0.141. The zero-order valence-corrected chi connectivity index (χ0v) is 12.2. The first-order chi connectivity index (χ1) is 10.2. The summed E-state index contributed by atoms with van der Waals surface area (Å²) in [6, 6.07) is 17.3. The van der Waals surface area contributed by atoms with E-state index >= 15 is 0 Å². The molecule has 2 aromatic carbocycles. The highest BCUT2D eigenvalue weighted by molar-refractivity contribution is 5.69. The average Bonchev–Trinajstić information content (AvgIpc) is 2.50. The SMILES string of the molecule is COC(=O)CC(Cc1ccccc1)Cc1ccc(O)cc1. The number of esters is 1. The molecule has 1 N–H and O–H groups in total. The number of benzene rings is 2. The number of aromatic hydroxyl groups is 1. The molecular weight excluding hydrogens is 264 g/mol. The number of ether oxygens (including phenoxy) is 1. The van der Waals surface area contributed by atoms with Crippen molar-refractivity contribution in [3.8, 4) is 5.75 Å². The van der Waals surface area contributed by atoms with Crippen LogP contribution in [-0.2, 0) is 22.4 Å². The Balaban J connectivity index is 2.07. The number of hydrogen-bond acceptors (Lipinski definition) is 3. The number of phenols is 1. The lowest BCUT2D eigenvalue weighted by atomic mass is 9.90. The molecule has 0 amide bonds. The van der Waals surface area contributed by atoms with Gasteiger partial charge in [-0.25, -0.2) is 0 Å². The van der Waals surface area contributed by atoms with E-state index in [1.165, 1.54) is 12.7 Å². The van der Waals surface area contributed by atoms with Gasteiger partial charge < -0.3 is 9.84 Å². The van der Waals surface area contributed by atoms with E-state index in [0.717, 1.165) is 18.4 Å². The minimum Gasteiger partial charge on any atom is -0.508 e. The van der Waals surface area contributed by atoms with Gasteiger partial charge in [0, 0.05) is 6.42 Å². The van der Waals surface area contributed by atoms with Gasteiger partial charge in [-0.15, -0.1) is 0 Å². The maximum Gasteiger partial charge on any atom is 0.305 e. The summed E-state index contributed by atoms with van der Waals surface area (Å²) in [6.45, 7) is 0. The summed E-state index contributed by atoms with van der Waals surface area (Å²) in [5, 5.41) is 9.34. The van der Waals surface area contributed by atoms with Crippen molar-refractivity contribution < 1.29 is 14.6 Å². The van der Waals surface area contributed by atoms with Gasteiger partial charge in [0.2, 0.25) is 0 Å². The predicted molar refractivity (Wildman–Crippen MR) is 82.1 cm³/mol. The third-order valence-electron chi connectivity index (χ3n) is 3.51. The Kier molecular flexibility index (Phi) is 5.38. The number of carbonyl (C=O) groups excluding carboxylic acids is 1. The van der Waals surface area contributed by atoms with E-state index in [1.807, 2.05) is 30.3 Å². The molecule has 1 atom stereocenters. The highest BCUT2D eigenvalue weighted by atomic mass is 16.5. The van der Waals surface area contributed by atoms with E-state index in [1.54, 1.807) is 12.1 Å². The third-order valence-corrected chi connectivity index (χ3v) is 3.51. The first-order valence-corrected chi connectivity index (χ1v) is 7.06. The van der Waals surface area contributed by atoms with Crippen molar-refractivity contribution in [1.82, 2.24) is 0 Å². The Morgan fingerprint density at radius 1 is 1.00 bits per heavy atom. The van der Waals surface area contributed by atoms with Gasteiger partial charge in [0.15, 0.2) is 0 Å². The summed E-state index contributed by atoms with van der Waals surface area (Å²) in [6.07, 6.45) is 2.01. The van der Waals surface area contributed by atoms with E-state index < -0.39 is 0 Å². The normalized spacial score (nSPS) is 11.9. The fourth-order valence-corrected chi connectivity index (χ4v) is 2.45. The minimum atomic E-state index is -0.185. The van der Waals surface area contributed by atoms with Crippen LogP contribution in [0.5, 0.6) is 5.75 Å². The third kappa shape index (κ3) is 4.95. The second kappa shape index (κ2) is 7.48. The van der Waals surface area contributed by atoms with E-state index in [9.17, 15) is 9.90 Å². The molecule has 2 aromatic rings. The molecule has 1 unspecified atom stereocenters. The van der Waals surface area contributed by atoms with E-state index in [4.69, 9.17) is 4.74 Å². The quantitative estimate of drug-likeness (QED) is 0.827. The van der Waals surface area contributed by atoms with Crippen LogP contribution in [0.1, 0.15) is 17.5 Å². The summed E-state index contributed by atoms with van der Waals surface area (Å²) < 4.78 is 4.80. The van der Waals surface area contributed by atoms with E-state index in [-0.39, 0.29) is 17.6 Å². The minimum absolute atomic E-state index is 0.185. The molecule has 2 rings (SSSR count). The molecule has 0 aliphatic carbocycles. The van der Waals surface area contributed by atoms with Crippen LogP contribution < -0.4 is 0 Å². The lowest BCUT2D eigenvalue weighted by Gasteiger charge is -2.16.